The number of hydrogen-bond acceptors (Lipinski definition) is 6. The van der Waals surface area contributed by atoms with E-state index in [0.29, 0.717) is 11.7 Å². The molecule has 0 unspecified atom stereocenters. The lowest BCUT2D eigenvalue weighted by molar-refractivity contribution is 0.310. The number of nitrogens with one attached hydrogen (secondary N) is 2. The van der Waals surface area contributed by atoms with Crippen molar-refractivity contribution in [1.29, 1.82) is 0 Å². The monoisotopic (exact) mass is 464 g/mol. The van der Waals surface area contributed by atoms with Crippen LogP contribution in [0.3, 0.4) is 0 Å². The number of hydrogen-bond donors (Lipinski definition) is 2. The predicted molar refractivity (Wildman–Crippen MR) is 135 cm³/mol. The van der Waals surface area contributed by atoms with Gasteiger partial charge in [-0.15, -0.1) is 0 Å². The zero-order chi connectivity index (χ0) is 22.5. The van der Waals surface area contributed by atoms with Crippen molar-refractivity contribution in [2.75, 3.05) is 53.6 Å². The molecule has 0 spiro atoms. The molecule has 0 bridgehead atoms. The van der Waals surface area contributed by atoms with Crippen LogP contribution in [0.15, 0.2) is 40.8 Å². The summed E-state index contributed by atoms with van der Waals surface area (Å²) in [5.74, 6) is 4.80. The van der Waals surface area contributed by atoms with Crippen LogP contribution in [0.5, 0.6) is 5.75 Å². The Morgan fingerprint density at radius 2 is 1.74 bits per heavy atom. The highest BCUT2D eigenvalue weighted by Crippen LogP contribution is 2.16. The quantitative estimate of drug-likeness (QED) is 0.325. The molecule has 0 aliphatic heterocycles. The normalized spacial score (nSPS) is 11.2. The van der Waals surface area contributed by atoms with Crippen molar-refractivity contribution < 1.29 is 9.15 Å². The molecule has 0 fully saturated rings. The lowest BCUT2D eigenvalue weighted by Crippen LogP contribution is -2.37. The van der Waals surface area contributed by atoms with E-state index >= 15 is 0 Å². The van der Waals surface area contributed by atoms with Gasteiger partial charge in [-0.2, -0.15) is 11.8 Å². The summed E-state index contributed by atoms with van der Waals surface area (Å²) < 4.78 is 11.7. The second-order valence-corrected chi connectivity index (χ2v) is 9.44. The van der Waals surface area contributed by atoms with E-state index in [1.54, 1.807) is 0 Å². The third kappa shape index (κ3) is 11.4. The first-order valence-electron chi connectivity index (χ1n) is 10.6. The number of furan rings is 1. The van der Waals surface area contributed by atoms with Gasteiger partial charge < -0.3 is 29.6 Å². The number of benzene rings is 1. The van der Waals surface area contributed by atoms with E-state index in [-0.39, 0.29) is 0 Å². The van der Waals surface area contributed by atoms with Crippen molar-refractivity contribution in [3.8, 4) is 5.75 Å². The van der Waals surface area contributed by atoms with Gasteiger partial charge in [0, 0.05) is 25.4 Å². The maximum absolute atomic E-state index is 5.85. The van der Waals surface area contributed by atoms with E-state index in [1.807, 2.05) is 38.0 Å². The van der Waals surface area contributed by atoms with Gasteiger partial charge in [-0.05, 0) is 76.7 Å². The van der Waals surface area contributed by atoms with Gasteiger partial charge in [0.2, 0.25) is 0 Å². The van der Waals surface area contributed by atoms with Crippen LogP contribution in [0.2, 0.25) is 0 Å². The summed E-state index contributed by atoms with van der Waals surface area (Å²) in [6, 6.07) is 12.4. The molecule has 0 radical (unpaired) electrons. The van der Waals surface area contributed by atoms with Gasteiger partial charge in [0.05, 0.1) is 18.9 Å². The Morgan fingerprint density at radius 3 is 2.52 bits per heavy atom. The van der Waals surface area contributed by atoms with Crippen molar-refractivity contribution in [3.63, 3.8) is 0 Å². The lowest BCUT2D eigenvalue weighted by atomic mass is 10.2. The molecular formula is C23H36N4O2S2. The van der Waals surface area contributed by atoms with E-state index < -0.39 is 0 Å². The summed E-state index contributed by atoms with van der Waals surface area (Å²) >= 11 is 7.18. The van der Waals surface area contributed by atoms with Gasteiger partial charge in [0.1, 0.15) is 17.3 Å². The van der Waals surface area contributed by atoms with Crippen LogP contribution in [0.1, 0.15) is 23.5 Å². The Bertz CT molecular complexity index is 780. The predicted octanol–water partition coefficient (Wildman–Crippen LogP) is 3.57. The van der Waals surface area contributed by atoms with E-state index in [1.165, 1.54) is 5.56 Å². The Morgan fingerprint density at radius 1 is 1.00 bits per heavy atom. The highest BCUT2D eigenvalue weighted by atomic mass is 32.2. The molecule has 6 nitrogen and oxygen atoms in total. The Labute approximate surface area is 196 Å². The first kappa shape index (κ1) is 25.5. The summed E-state index contributed by atoms with van der Waals surface area (Å²) in [4.78, 5) is 4.25. The van der Waals surface area contributed by atoms with Crippen LogP contribution >= 0.6 is 24.0 Å². The maximum atomic E-state index is 5.85. The molecule has 0 aliphatic rings. The Hall–Kier alpha value is -1.74. The van der Waals surface area contributed by atoms with E-state index in [2.05, 4.69) is 58.8 Å². The van der Waals surface area contributed by atoms with Gasteiger partial charge in [0.15, 0.2) is 5.11 Å². The molecule has 0 aliphatic carbocycles. The molecule has 1 heterocycles. The van der Waals surface area contributed by atoms with Gasteiger partial charge in [0.25, 0.3) is 0 Å². The topological polar surface area (TPSA) is 52.9 Å². The molecule has 0 amide bonds. The van der Waals surface area contributed by atoms with Gasteiger partial charge in [-0.3, -0.25) is 0 Å². The second-order valence-electron chi connectivity index (χ2n) is 7.93. The van der Waals surface area contributed by atoms with Crippen molar-refractivity contribution >= 4 is 29.1 Å². The summed E-state index contributed by atoms with van der Waals surface area (Å²) in [6.45, 7) is 4.03. The number of thioether (sulfide) groups is 1. The van der Waals surface area contributed by atoms with Crippen LogP contribution in [0, 0.1) is 0 Å². The van der Waals surface area contributed by atoms with E-state index in [4.69, 9.17) is 21.4 Å². The first-order chi connectivity index (χ1) is 14.9. The first-order valence-corrected chi connectivity index (χ1v) is 12.2. The van der Waals surface area contributed by atoms with Gasteiger partial charge in [-0.25, -0.2) is 0 Å². The summed E-state index contributed by atoms with van der Waals surface area (Å²) in [7, 11) is 8.21. The molecular weight excluding hydrogens is 428 g/mol. The SMILES string of the molecule is CN(C)Cc1cccc(OCCCNC(=S)NCCSCc2ccc(CN(C)C)o2)c1. The summed E-state index contributed by atoms with van der Waals surface area (Å²) in [5, 5.41) is 7.18. The zero-order valence-electron chi connectivity index (χ0n) is 19.1. The van der Waals surface area contributed by atoms with Gasteiger partial charge in [-0.1, -0.05) is 12.1 Å². The van der Waals surface area contributed by atoms with Gasteiger partial charge >= 0.3 is 0 Å². The number of nitrogens with zero attached hydrogens (tertiary/aromatic N) is 2. The van der Waals surface area contributed by atoms with Crippen LogP contribution in [-0.4, -0.2) is 68.6 Å². The van der Waals surface area contributed by atoms with Crippen LogP contribution in [-0.2, 0) is 18.8 Å². The minimum absolute atomic E-state index is 0.663. The van der Waals surface area contributed by atoms with Crippen LogP contribution in [0.4, 0.5) is 0 Å². The molecule has 2 N–H and O–H groups in total. The minimum atomic E-state index is 0.663. The molecule has 2 aromatic rings. The third-order valence-corrected chi connectivity index (χ3v) is 5.51. The Balaban J connectivity index is 1.48. The second kappa shape index (κ2) is 14.3. The molecule has 2 rings (SSSR count). The maximum Gasteiger partial charge on any atom is 0.166 e. The molecule has 31 heavy (non-hydrogen) atoms. The molecule has 1 aromatic heterocycles. The Kier molecular flexibility index (Phi) is 11.8. The summed E-state index contributed by atoms with van der Waals surface area (Å²) in [6.07, 6.45) is 0.891. The zero-order valence-corrected chi connectivity index (χ0v) is 20.8. The molecule has 1 aromatic carbocycles. The molecule has 0 saturated carbocycles. The van der Waals surface area contributed by atoms with Crippen molar-refractivity contribution in [2.24, 2.45) is 0 Å². The van der Waals surface area contributed by atoms with Crippen molar-refractivity contribution in [3.05, 3.63) is 53.5 Å². The molecule has 0 atom stereocenters. The number of rotatable bonds is 14. The standard InChI is InChI=1S/C23H36N4O2S2/c1-26(2)16-19-7-5-8-20(15-19)28-13-6-11-24-23(30)25-12-14-31-18-22-10-9-21(29-22)17-27(3)4/h5,7-10,15H,6,11-14,16-18H2,1-4H3,(H2,24,25,30). The number of thiocarbonyl (C=S) groups is 1. The fourth-order valence-corrected chi connectivity index (χ4v) is 3.88. The van der Waals surface area contributed by atoms with Crippen molar-refractivity contribution in [1.82, 2.24) is 20.4 Å². The fraction of sp³-hybridized carbons (Fsp3) is 0.522. The average molecular weight is 465 g/mol. The average Bonchev–Trinajstić information content (AvgIpc) is 3.13. The van der Waals surface area contributed by atoms with E-state index in [0.717, 1.165) is 61.4 Å². The highest BCUT2D eigenvalue weighted by Gasteiger charge is 2.04. The molecule has 0 saturated heterocycles. The summed E-state index contributed by atoms with van der Waals surface area (Å²) in [5.41, 5.74) is 1.25. The number of ether oxygens (including phenoxy) is 1. The fourth-order valence-electron chi connectivity index (χ4n) is 2.93. The smallest absolute Gasteiger partial charge is 0.166 e. The van der Waals surface area contributed by atoms with E-state index in [9.17, 15) is 0 Å². The largest absolute Gasteiger partial charge is 0.494 e. The van der Waals surface area contributed by atoms with Crippen LogP contribution < -0.4 is 15.4 Å². The third-order valence-electron chi connectivity index (χ3n) is 4.24. The minimum Gasteiger partial charge on any atom is -0.494 e. The molecule has 8 heteroatoms. The molecule has 172 valence electrons. The van der Waals surface area contributed by atoms with Crippen LogP contribution in [0.25, 0.3) is 0 Å². The van der Waals surface area contributed by atoms with Crippen molar-refractivity contribution in [2.45, 2.75) is 25.3 Å². The highest BCUT2D eigenvalue weighted by molar-refractivity contribution is 7.98. The lowest BCUT2D eigenvalue weighted by Gasteiger charge is -2.12.